The number of benzene rings is 1. The van der Waals surface area contributed by atoms with Crippen LogP contribution in [0.4, 0.5) is 5.69 Å². The number of nitrogens with zero attached hydrogens (tertiary/aromatic N) is 1. The first kappa shape index (κ1) is 12.4. The molecule has 1 aromatic rings. The van der Waals surface area contributed by atoms with E-state index in [-0.39, 0.29) is 17.3 Å². The molecule has 1 atom stereocenters. The maximum absolute atomic E-state index is 12.1. The van der Waals surface area contributed by atoms with Gasteiger partial charge in [-0.15, -0.1) is 0 Å². The highest BCUT2D eigenvalue weighted by molar-refractivity contribution is 6.10. The molecule has 5 heteroatoms. The summed E-state index contributed by atoms with van der Waals surface area (Å²) in [6.45, 7) is 0. The minimum atomic E-state index is -0.555. The number of nitro groups is 1. The van der Waals surface area contributed by atoms with E-state index in [4.69, 9.17) is 0 Å². The van der Waals surface area contributed by atoms with Gasteiger partial charge in [0, 0.05) is 24.1 Å². The molecule has 0 radical (unpaired) electrons. The zero-order valence-corrected chi connectivity index (χ0v) is 9.80. The number of carbonyl (C=O) groups is 2. The fourth-order valence-electron chi connectivity index (χ4n) is 2.21. The summed E-state index contributed by atoms with van der Waals surface area (Å²) >= 11 is 0. The average Bonchev–Trinajstić information content (AvgIpc) is 2.38. The third-order valence-electron chi connectivity index (χ3n) is 3.23. The van der Waals surface area contributed by atoms with Crippen molar-refractivity contribution in [2.24, 2.45) is 5.92 Å². The second kappa shape index (κ2) is 5.08. The Morgan fingerprint density at radius 3 is 2.44 bits per heavy atom. The summed E-state index contributed by atoms with van der Waals surface area (Å²) in [7, 11) is 0. The minimum absolute atomic E-state index is 0.00963. The monoisotopic (exact) mass is 248 g/mol. The fraction of sp³-hybridized carbons (Fsp3) is 0.385. The Balaban J connectivity index is 2.17. The van der Waals surface area contributed by atoms with Gasteiger partial charge in [-0.3, -0.25) is 19.7 Å². The molecule has 0 amide bonds. The van der Waals surface area contributed by atoms with Gasteiger partial charge in [0.15, 0.2) is 5.78 Å². The third kappa shape index (κ3) is 2.45. The van der Waals surface area contributed by atoms with Crippen LogP contribution in [0.25, 0.3) is 0 Å². The Kier molecular flexibility index (Phi) is 3.50. The van der Waals surface area contributed by atoms with Crippen LogP contribution in [0.15, 0.2) is 24.3 Å². The van der Waals surface area contributed by atoms with Crippen LogP contribution in [0.2, 0.25) is 0 Å². The maximum Gasteiger partial charge on any atom is 0.269 e. The molecule has 1 unspecified atom stereocenters. The number of carbonyl (C=O) groups excluding carboxylic acids is 2. The lowest BCUT2D eigenvalue weighted by Gasteiger charge is -2.19. The molecule has 1 aliphatic carbocycles. The van der Waals surface area contributed by atoms with Crippen molar-refractivity contribution in [3.63, 3.8) is 0 Å². The molecule has 0 aliphatic heterocycles. The van der Waals surface area contributed by atoms with Gasteiger partial charge >= 0.3 is 0 Å². The molecule has 18 heavy (non-hydrogen) atoms. The van der Waals surface area contributed by atoms with Crippen LogP contribution in [-0.4, -0.2) is 16.5 Å². The normalized spacial score (nSPS) is 19.6. The molecule has 0 saturated heterocycles. The number of hydrogen-bond donors (Lipinski definition) is 0. The van der Waals surface area contributed by atoms with Gasteiger partial charge in [-0.2, -0.15) is 0 Å². The standard InChI is InChI=1S/C13H13NO4/c15-12-4-2-1-3-11(12)13(16)9-5-7-10(8-6-9)14(17)18/h5-8,11H,1-4H2/i12+1. The first-order valence-electron chi connectivity index (χ1n) is 5.91. The van der Waals surface area contributed by atoms with E-state index >= 15 is 0 Å². The zero-order chi connectivity index (χ0) is 13.1. The van der Waals surface area contributed by atoms with Crippen molar-refractivity contribution in [3.8, 4) is 0 Å². The summed E-state index contributed by atoms with van der Waals surface area (Å²) < 4.78 is 0. The maximum atomic E-state index is 12.1. The first-order chi connectivity index (χ1) is 8.59. The number of hydrogen-bond acceptors (Lipinski definition) is 4. The van der Waals surface area contributed by atoms with Gasteiger partial charge in [0.25, 0.3) is 5.69 Å². The van der Waals surface area contributed by atoms with E-state index < -0.39 is 10.8 Å². The van der Waals surface area contributed by atoms with Crippen molar-refractivity contribution in [2.45, 2.75) is 25.7 Å². The molecule has 0 heterocycles. The van der Waals surface area contributed by atoms with Crippen LogP contribution in [0, 0.1) is 16.0 Å². The molecule has 1 aliphatic rings. The predicted molar refractivity (Wildman–Crippen MR) is 64.4 cm³/mol. The predicted octanol–water partition coefficient (Wildman–Crippen LogP) is 2.54. The molecule has 1 fully saturated rings. The molecule has 1 saturated carbocycles. The SMILES string of the molecule is O=C(c1ccc([N+](=O)[O-])cc1)C1CCCC[13C]1=O. The van der Waals surface area contributed by atoms with Gasteiger partial charge in [-0.05, 0) is 25.0 Å². The Labute approximate surface area is 104 Å². The molecule has 0 N–H and O–H groups in total. The highest BCUT2D eigenvalue weighted by atomic mass is 16.6. The highest BCUT2D eigenvalue weighted by Crippen LogP contribution is 2.25. The molecule has 0 aromatic heterocycles. The summed E-state index contributed by atoms with van der Waals surface area (Å²) in [5.41, 5.74) is 0.322. The number of rotatable bonds is 3. The number of nitro benzene ring substituents is 1. The molecule has 2 rings (SSSR count). The van der Waals surface area contributed by atoms with Crippen LogP contribution in [0.1, 0.15) is 36.0 Å². The molecule has 0 bridgehead atoms. The summed E-state index contributed by atoms with van der Waals surface area (Å²) in [5, 5.41) is 10.5. The van der Waals surface area contributed by atoms with E-state index in [1.165, 1.54) is 24.3 Å². The van der Waals surface area contributed by atoms with E-state index in [0.717, 1.165) is 12.8 Å². The van der Waals surface area contributed by atoms with Gasteiger partial charge in [0.1, 0.15) is 5.78 Å². The number of ketones is 2. The van der Waals surface area contributed by atoms with Crippen molar-refractivity contribution >= 4 is 17.3 Å². The van der Waals surface area contributed by atoms with Crippen molar-refractivity contribution < 1.29 is 14.5 Å². The van der Waals surface area contributed by atoms with Crippen LogP contribution in [0.3, 0.4) is 0 Å². The molecular formula is C13H13NO4. The lowest BCUT2D eigenvalue weighted by molar-refractivity contribution is -0.384. The van der Waals surface area contributed by atoms with Crippen molar-refractivity contribution in [2.75, 3.05) is 0 Å². The van der Waals surface area contributed by atoms with Gasteiger partial charge in [0.2, 0.25) is 0 Å². The Hall–Kier alpha value is -2.04. The van der Waals surface area contributed by atoms with Crippen LogP contribution in [0.5, 0.6) is 0 Å². The lowest BCUT2D eigenvalue weighted by atomic mass is 9.92. The summed E-state index contributed by atoms with van der Waals surface area (Å²) in [5.74, 6) is -0.778. The Bertz CT molecular complexity index is 492. The quantitative estimate of drug-likeness (QED) is 0.271. The molecule has 5 nitrogen and oxygen atoms in total. The largest absolute Gasteiger partial charge is 0.299 e. The molecular weight excluding hydrogens is 235 g/mol. The van der Waals surface area contributed by atoms with Crippen molar-refractivity contribution in [3.05, 3.63) is 39.9 Å². The highest BCUT2D eigenvalue weighted by Gasteiger charge is 2.29. The molecule has 94 valence electrons. The minimum Gasteiger partial charge on any atom is -0.299 e. The smallest absolute Gasteiger partial charge is 0.269 e. The third-order valence-corrected chi connectivity index (χ3v) is 3.23. The van der Waals surface area contributed by atoms with Crippen molar-refractivity contribution in [1.82, 2.24) is 0 Å². The number of non-ortho nitro benzene ring substituents is 1. The molecule has 1 aromatic carbocycles. The Morgan fingerprint density at radius 1 is 1.22 bits per heavy atom. The van der Waals surface area contributed by atoms with Crippen molar-refractivity contribution in [1.29, 1.82) is 0 Å². The summed E-state index contributed by atoms with van der Waals surface area (Å²) in [4.78, 5) is 33.7. The Morgan fingerprint density at radius 2 is 1.89 bits per heavy atom. The van der Waals surface area contributed by atoms with Gasteiger partial charge < -0.3 is 0 Å². The summed E-state index contributed by atoms with van der Waals surface area (Å²) in [6.07, 6.45) is 2.79. The lowest BCUT2D eigenvalue weighted by Crippen LogP contribution is -2.27. The van der Waals surface area contributed by atoms with Gasteiger partial charge in [-0.1, -0.05) is 6.42 Å². The topological polar surface area (TPSA) is 77.3 Å². The van der Waals surface area contributed by atoms with Crippen LogP contribution in [-0.2, 0) is 4.79 Å². The van der Waals surface area contributed by atoms with E-state index in [2.05, 4.69) is 0 Å². The zero-order valence-electron chi connectivity index (χ0n) is 9.80. The van der Waals surface area contributed by atoms with Crippen LogP contribution < -0.4 is 0 Å². The number of Topliss-reactive ketones (excluding diaryl/α,β-unsaturated/α-hetero) is 2. The van der Waals surface area contributed by atoms with Crippen LogP contribution >= 0.6 is 0 Å². The van der Waals surface area contributed by atoms with E-state index in [9.17, 15) is 19.7 Å². The van der Waals surface area contributed by atoms with E-state index in [1.54, 1.807) is 0 Å². The van der Waals surface area contributed by atoms with Gasteiger partial charge in [-0.25, -0.2) is 0 Å². The van der Waals surface area contributed by atoms with E-state index in [1.807, 2.05) is 0 Å². The fourth-order valence-corrected chi connectivity index (χ4v) is 2.21. The molecule has 0 spiro atoms. The summed E-state index contributed by atoms with van der Waals surface area (Å²) in [6, 6.07) is 5.42. The average molecular weight is 248 g/mol. The first-order valence-corrected chi connectivity index (χ1v) is 5.91. The second-order valence-electron chi connectivity index (χ2n) is 4.43. The second-order valence-corrected chi connectivity index (χ2v) is 4.43. The van der Waals surface area contributed by atoms with Gasteiger partial charge in [0.05, 0.1) is 10.8 Å². The van der Waals surface area contributed by atoms with E-state index in [0.29, 0.717) is 18.4 Å².